The smallest absolute Gasteiger partial charge is 0.416 e. The summed E-state index contributed by atoms with van der Waals surface area (Å²) in [5, 5.41) is 5.29. The van der Waals surface area contributed by atoms with Gasteiger partial charge in [-0.3, -0.25) is 0 Å². The van der Waals surface area contributed by atoms with Gasteiger partial charge in [-0.15, -0.1) is 0 Å². The maximum atomic E-state index is 12.6. The Kier molecular flexibility index (Phi) is 3.84. The van der Waals surface area contributed by atoms with Gasteiger partial charge in [-0.25, -0.2) is 0 Å². The predicted molar refractivity (Wildman–Crippen MR) is 84.0 cm³/mol. The number of thiophene rings is 1. The van der Waals surface area contributed by atoms with Gasteiger partial charge in [0.25, 0.3) is 0 Å². The molecule has 1 N–H and O–H groups in total. The van der Waals surface area contributed by atoms with Gasteiger partial charge in [0, 0.05) is 12.0 Å². The van der Waals surface area contributed by atoms with Gasteiger partial charge in [-0.05, 0) is 52.8 Å². The van der Waals surface area contributed by atoms with E-state index in [4.69, 9.17) is 9.47 Å². The van der Waals surface area contributed by atoms with Gasteiger partial charge in [0.2, 0.25) is 0 Å². The molecule has 0 aliphatic carbocycles. The third kappa shape index (κ3) is 2.87. The van der Waals surface area contributed by atoms with Crippen LogP contribution in [0.2, 0.25) is 0 Å². The highest BCUT2D eigenvalue weighted by atomic mass is 32.2. The second kappa shape index (κ2) is 5.38. The largest absolute Gasteiger partial charge is 0.555 e. The van der Waals surface area contributed by atoms with E-state index >= 15 is 0 Å². The summed E-state index contributed by atoms with van der Waals surface area (Å²) in [6.45, 7) is 8.41. The van der Waals surface area contributed by atoms with Crippen LogP contribution in [-0.4, -0.2) is 30.6 Å². The Hall–Kier alpha value is -0.910. The van der Waals surface area contributed by atoms with Gasteiger partial charge < -0.3 is 14.8 Å². The SMILES string of the molecule is CC(C)(C)OC(=O)[s+]1ccc2c1C1(CCNCC1)OCC2. The number of hydrogen-bond acceptors (Lipinski definition) is 4. The van der Waals surface area contributed by atoms with Crippen LogP contribution in [0.4, 0.5) is 4.79 Å². The Bertz CT molecular complexity index is 538. The summed E-state index contributed by atoms with van der Waals surface area (Å²) < 4.78 is 11.8. The predicted octanol–water partition coefficient (Wildman–Crippen LogP) is 3.37. The summed E-state index contributed by atoms with van der Waals surface area (Å²) >= 11 is 0. The van der Waals surface area contributed by atoms with Gasteiger partial charge in [-0.2, -0.15) is 4.79 Å². The number of ether oxygens (including phenoxy) is 2. The number of piperidine rings is 1. The number of fused-ring (bicyclic) bond motifs is 2. The van der Waals surface area contributed by atoms with Gasteiger partial charge >= 0.3 is 5.30 Å². The lowest BCUT2D eigenvalue weighted by Crippen LogP contribution is -2.44. The van der Waals surface area contributed by atoms with Crippen molar-refractivity contribution in [2.45, 2.75) is 51.2 Å². The number of nitrogens with one attached hydrogen (secondary N) is 1. The van der Waals surface area contributed by atoms with E-state index in [1.54, 1.807) is 0 Å². The maximum Gasteiger partial charge on any atom is 0.555 e. The minimum Gasteiger partial charge on any atom is -0.416 e. The molecule has 0 aromatic carbocycles. The molecule has 2 aliphatic heterocycles. The van der Waals surface area contributed by atoms with Crippen LogP contribution in [0.5, 0.6) is 0 Å². The second-order valence-electron chi connectivity index (χ2n) is 6.80. The molecule has 5 heteroatoms. The molecule has 1 aromatic heterocycles. The first-order valence-corrected chi connectivity index (χ1v) is 8.93. The number of rotatable bonds is 1. The highest BCUT2D eigenvalue weighted by Gasteiger charge is 2.49. The normalized spacial score (nSPS) is 22.0. The third-order valence-corrected chi connectivity index (χ3v) is 5.99. The molecule has 3 rings (SSSR count). The lowest BCUT2D eigenvalue weighted by atomic mass is 9.86. The van der Waals surface area contributed by atoms with E-state index in [0.29, 0.717) is 0 Å². The highest BCUT2D eigenvalue weighted by molar-refractivity contribution is 7.49. The van der Waals surface area contributed by atoms with Crippen LogP contribution >= 0.6 is 10.5 Å². The molecular formula is C16H24NO3S+. The maximum absolute atomic E-state index is 12.6. The molecule has 3 heterocycles. The summed E-state index contributed by atoms with van der Waals surface area (Å²) in [7, 11) is -0.587. The summed E-state index contributed by atoms with van der Waals surface area (Å²) in [6, 6.07) is 2.12. The van der Waals surface area contributed by atoms with Crippen molar-refractivity contribution in [1.29, 1.82) is 0 Å². The van der Waals surface area contributed by atoms with Crippen LogP contribution in [0.25, 0.3) is 0 Å². The van der Waals surface area contributed by atoms with E-state index < -0.39 is 16.1 Å². The minimum atomic E-state index is -0.587. The summed E-state index contributed by atoms with van der Waals surface area (Å²) in [4.78, 5) is 13.8. The van der Waals surface area contributed by atoms with Crippen molar-refractivity contribution in [3.63, 3.8) is 0 Å². The number of carbonyl (C=O) groups is 1. The molecule has 0 amide bonds. The topological polar surface area (TPSA) is 47.6 Å². The van der Waals surface area contributed by atoms with E-state index in [2.05, 4.69) is 11.4 Å². The first kappa shape index (κ1) is 15.0. The fourth-order valence-corrected chi connectivity index (χ4v) is 5.35. The number of hydrogen-bond donors (Lipinski definition) is 1. The van der Waals surface area contributed by atoms with E-state index in [-0.39, 0.29) is 10.9 Å². The average Bonchev–Trinajstić information content (AvgIpc) is 2.83. The van der Waals surface area contributed by atoms with Crippen molar-refractivity contribution in [2.75, 3.05) is 19.7 Å². The van der Waals surface area contributed by atoms with Crippen LogP contribution in [0, 0.1) is 0 Å². The summed E-state index contributed by atoms with van der Waals surface area (Å²) in [5.74, 6) is 0. The van der Waals surface area contributed by atoms with E-state index in [1.165, 1.54) is 10.4 Å². The van der Waals surface area contributed by atoms with Crippen molar-refractivity contribution in [3.05, 3.63) is 21.9 Å². The van der Waals surface area contributed by atoms with Crippen molar-refractivity contribution in [2.24, 2.45) is 0 Å². The van der Waals surface area contributed by atoms with Crippen molar-refractivity contribution >= 4 is 15.8 Å². The lowest BCUT2D eigenvalue weighted by molar-refractivity contribution is -0.0773. The second-order valence-corrected chi connectivity index (χ2v) is 8.49. The van der Waals surface area contributed by atoms with Gasteiger partial charge in [0.15, 0.2) is 10.3 Å². The molecule has 1 atom stereocenters. The van der Waals surface area contributed by atoms with Crippen molar-refractivity contribution in [1.82, 2.24) is 5.32 Å². The van der Waals surface area contributed by atoms with Crippen LogP contribution < -0.4 is 5.32 Å². The molecule has 21 heavy (non-hydrogen) atoms. The van der Waals surface area contributed by atoms with Gasteiger partial charge in [0.05, 0.1) is 6.61 Å². The zero-order chi connectivity index (χ0) is 15.1. The van der Waals surface area contributed by atoms with Crippen LogP contribution in [0.3, 0.4) is 0 Å². The molecular weight excluding hydrogens is 286 g/mol. The van der Waals surface area contributed by atoms with E-state index in [9.17, 15) is 4.79 Å². The molecule has 1 aromatic rings. The molecule has 4 nitrogen and oxygen atoms in total. The Labute approximate surface area is 128 Å². The molecule has 2 aliphatic rings. The van der Waals surface area contributed by atoms with Crippen LogP contribution in [0.1, 0.15) is 44.1 Å². The highest BCUT2D eigenvalue weighted by Crippen LogP contribution is 2.48. The van der Waals surface area contributed by atoms with Crippen molar-refractivity contribution < 1.29 is 14.3 Å². The fraction of sp³-hybridized carbons (Fsp3) is 0.688. The Morgan fingerprint density at radius 2 is 2.10 bits per heavy atom. The van der Waals surface area contributed by atoms with Crippen LogP contribution in [-0.2, 0) is 21.5 Å². The Morgan fingerprint density at radius 1 is 1.38 bits per heavy atom. The third-order valence-electron chi connectivity index (χ3n) is 4.06. The van der Waals surface area contributed by atoms with Gasteiger partial charge in [-0.1, -0.05) is 0 Å². The molecule has 1 saturated heterocycles. The lowest BCUT2D eigenvalue weighted by Gasteiger charge is -2.37. The minimum absolute atomic E-state index is 0.118. The average molecular weight is 310 g/mol. The quantitative estimate of drug-likeness (QED) is 0.638. The standard InChI is InChI=1S/C16H24NO3S/c1-15(2,3)20-14(18)21-11-5-12-4-10-19-16(13(12)21)6-8-17-9-7-16/h5,11,17H,4,6-10H2,1-3H3/q+1. The first-order valence-electron chi connectivity index (χ1n) is 7.64. The zero-order valence-electron chi connectivity index (χ0n) is 13.0. The summed E-state index contributed by atoms with van der Waals surface area (Å²) in [6.07, 6.45) is 2.80. The molecule has 0 saturated carbocycles. The zero-order valence-corrected chi connectivity index (χ0v) is 13.8. The van der Waals surface area contributed by atoms with Crippen LogP contribution in [0.15, 0.2) is 11.4 Å². The molecule has 1 unspecified atom stereocenters. The Morgan fingerprint density at radius 3 is 2.76 bits per heavy atom. The number of carbonyl (C=O) groups excluding carboxylic acids is 1. The first-order chi connectivity index (χ1) is 9.91. The van der Waals surface area contributed by atoms with E-state index in [1.807, 2.05) is 26.2 Å². The fourth-order valence-electron chi connectivity index (χ4n) is 3.18. The molecule has 1 fully saturated rings. The van der Waals surface area contributed by atoms with E-state index in [0.717, 1.165) is 39.0 Å². The molecule has 0 radical (unpaired) electrons. The monoisotopic (exact) mass is 310 g/mol. The molecule has 116 valence electrons. The molecule has 1 spiro atoms. The van der Waals surface area contributed by atoms with Gasteiger partial charge in [0.1, 0.15) is 21.7 Å². The Balaban J connectivity index is 1.97. The summed E-state index contributed by atoms with van der Waals surface area (Å²) in [5.41, 5.74) is 0.609. The molecule has 0 bridgehead atoms. The van der Waals surface area contributed by atoms with Crippen molar-refractivity contribution in [3.8, 4) is 0 Å².